The SMILES string of the molecule is COC1CN(C2CC(C)(c3cc(-c4cnc(N)c(C(F)(F)F)c4)nn3CC(F)F)C2)C1. The molecule has 31 heavy (non-hydrogen) atoms. The maximum atomic E-state index is 13.2. The number of likely N-dealkylation sites (tertiary alicyclic amines) is 1. The zero-order valence-corrected chi connectivity index (χ0v) is 17.2. The number of pyridine rings is 1. The molecule has 1 saturated carbocycles. The Bertz CT molecular complexity index is 948. The Labute approximate surface area is 176 Å². The molecule has 1 saturated heterocycles. The third-order valence-corrected chi connectivity index (χ3v) is 6.33. The summed E-state index contributed by atoms with van der Waals surface area (Å²) < 4.78 is 72.5. The fourth-order valence-electron chi connectivity index (χ4n) is 4.52. The molecule has 6 nitrogen and oxygen atoms in total. The molecule has 0 bridgehead atoms. The van der Waals surface area contributed by atoms with Gasteiger partial charge in [0.15, 0.2) is 0 Å². The van der Waals surface area contributed by atoms with Crippen LogP contribution in [0.15, 0.2) is 18.3 Å². The molecule has 0 unspecified atom stereocenters. The highest BCUT2D eigenvalue weighted by atomic mass is 19.4. The first kappa shape index (κ1) is 21.9. The van der Waals surface area contributed by atoms with Crippen LogP contribution in [-0.4, -0.2) is 58.4 Å². The average molecular weight is 445 g/mol. The number of hydrogen-bond donors (Lipinski definition) is 1. The summed E-state index contributed by atoms with van der Waals surface area (Å²) in [7, 11) is 1.67. The van der Waals surface area contributed by atoms with Gasteiger partial charge in [0.2, 0.25) is 0 Å². The van der Waals surface area contributed by atoms with Crippen molar-refractivity contribution >= 4 is 5.82 Å². The molecular formula is C20H24F5N5O. The molecule has 11 heteroatoms. The fraction of sp³-hybridized carbons (Fsp3) is 0.600. The van der Waals surface area contributed by atoms with Crippen LogP contribution in [0.1, 0.15) is 31.0 Å². The number of nitrogen functional groups attached to an aromatic ring is 1. The van der Waals surface area contributed by atoms with E-state index in [0.717, 1.165) is 32.0 Å². The van der Waals surface area contributed by atoms with Gasteiger partial charge in [-0.15, -0.1) is 0 Å². The van der Waals surface area contributed by atoms with E-state index in [-0.39, 0.29) is 17.4 Å². The van der Waals surface area contributed by atoms with Crippen molar-refractivity contribution in [2.24, 2.45) is 0 Å². The summed E-state index contributed by atoms with van der Waals surface area (Å²) in [6.45, 7) is 3.04. The molecule has 0 radical (unpaired) electrons. The largest absolute Gasteiger partial charge is 0.419 e. The van der Waals surface area contributed by atoms with Crippen LogP contribution in [0.25, 0.3) is 11.3 Å². The molecule has 3 heterocycles. The molecule has 2 aliphatic rings. The summed E-state index contributed by atoms with van der Waals surface area (Å²) in [5, 5.41) is 4.21. The van der Waals surface area contributed by atoms with Crippen molar-refractivity contribution in [2.45, 2.75) is 56.5 Å². The molecule has 2 aromatic rings. The number of halogens is 5. The van der Waals surface area contributed by atoms with Gasteiger partial charge in [-0.2, -0.15) is 18.3 Å². The number of alkyl halides is 5. The van der Waals surface area contributed by atoms with E-state index >= 15 is 0 Å². The second-order valence-corrected chi connectivity index (χ2v) is 8.58. The minimum absolute atomic E-state index is 0.0842. The predicted octanol–water partition coefficient (Wildman–Crippen LogP) is 3.56. The molecule has 0 aromatic carbocycles. The van der Waals surface area contributed by atoms with Gasteiger partial charge < -0.3 is 10.5 Å². The second kappa shape index (κ2) is 7.70. The van der Waals surface area contributed by atoms with Gasteiger partial charge in [0.1, 0.15) is 12.4 Å². The highest BCUT2D eigenvalue weighted by Crippen LogP contribution is 2.48. The van der Waals surface area contributed by atoms with Crippen molar-refractivity contribution in [3.05, 3.63) is 29.6 Å². The number of ether oxygens (including phenoxy) is 1. The Morgan fingerprint density at radius 3 is 2.52 bits per heavy atom. The first-order chi connectivity index (χ1) is 14.5. The number of nitrogens with two attached hydrogens (primary N) is 1. The van der Waals surface area contributed by atoms with Gasteiger partial charge in [-0.05, 0) is 25.0 Å². The van der Waals surface area contributed by atoms with Gasteiger partial charge in [-0.1, -0.05) is 6.92 Å². The van der Waals surface area contributed by atoms with Crippen LogP contribution in [-0.2, 0) is 22.9 Å². The molecule has 0 atom stereocenters. The molecule has 1 aliphatic carbocycles. The van der Waals surface area contributed by atoms with Crippen LogP contribution in [0.3, 0.4) is 0 Å². The van der Waals surface area contributed by atoms with E-state index in [9.17, 15) is 22.0 Å². The molecular weight excluding hydrogens is 421 g/mol. The van der Waals surface area contributed by atoms with Gasteiger partial charge in [0.05, 0.1) is 17.4 Å². The van der Waals surface area contributed by atoms with Crippen LogP contribution in [0.2, 0.25) is 0 Å². The van der Waals surface area contributed by atoms with Crippen molar-refractivity contribution < 1.29 is 26.7 Å². The van der Waals surface area contributed by atoms with Gasteiger partial charge in [-0.3, -0.25) is 9.58 Å². The van der Waals surface area contributed by atoms with Crippen molar-refractivity contribution in [3.63, 3.8) is 0 Å². The predicted molar refractivity (Wildman–Crippen MR) is 104 cm³/mol. The summed E-state index contributed by atoms with van der Waals surface area (Å²) in [5.41, 5.74) is 4.75. The van der Waals surface area contributed by atoms with E-state index in [1.807, 2.05) is 6.92 Å². The van der Waals surface area contributed by atoms with Crippen LogP contribution < -0.4 is 5.73 Å². The van der Waals surface area contributed by atoms with Crippen LogP contribution in [0.5, 0.6) is 0 Å². The van der Waals surface area contributed by atoms with Crippen LogP contribution in [0.4, 0.5) is 27.8 Å². The second-order valence-electron chi connectivity index (χ2n) is 8.58. The van der Waals surface area contributed by atoms with Crippen molar-refractivity contribution in [1.82, 2.24) is 19.7 Å². The normalized spacial score (nSPS) is 25.0. The van der Waals surface area contributed by atoms with Gasteiger partial charge in [0.25, 0.3) is 6.43 Å². The highest BCUT2D eigenvalue weighted by Gasteiger charge is 2.49. The van der Waals surface area contributed by atoms with E-state index in [1.54, 1.807) is 13.2 Å². The zero-order chi connectivity index (χ0) is 22.6. The Morgan fingerprint density at radius 2 is 1.94 bits per heavy atom. The lowest BCUT2D eigenvalue weighted by Gasteiger charge is -2.54. The first-order valence-corrected chi connectivity index (χ1v) is 9.96. The van der Waals surface area contributed by atoms with E-state index in [4.69, 9.17) is 10.5 Å². The van der Waals surface area contributed by atoms with Crippen LogP contribution >= 0.6 is 0 Å². The maximum Gasteiger partial charge on any atom is 0.419 e. The lowest BCUT2D eigenvalue weighted by atomic mass is 9.63. The summed E-state index contributed by atoms with van der Waals surface area (Å²) in [4.78, 5) is 5.92. The third-order valence-electron chi connectivity index (χ3n) is 6.33. The third kappa shape index (κ3) is 4.12. The number of rotatable bonds is 6. The Hall–Kier alpha value is -2.27. The minimum atomic E-state index is -4.67. The van der Waals surface area contributed by atoms with E-state index in [1.165, 1.54) is 10.9 Å². The fourth-order valence-corrected chi connectivity index (χ4v) is 4.52. The lowest BCUT2D eigenvalue weighted by Crippen LogP contribution is -2.62. The molecule has 1 aliphatic heterocycles. The molecule has 0 spiro atoms. The first-order valence-electron chi connectivity index (χ1n) is 9.96. The smallest absolute Gasteiger partial charge is 0.383 e. The monoisotopic (exact) mass is 445 g/mol. The molecule has 2 N–H and O–H groups in total. The molecule has 0 amide bonds. The van der Waals surface area contributed by atoms with Crippen LogP contribution in [0, 0.1) is 0 Å². The topological polar surface area (TPSA) is 69.2 Å². The molecule has 2 fully saturated rings. The number of anilines is 1. The van der Waals surface area contributed by atoms with Gasteiger partial charge in [0, 0.05) is 49.1 Å². The number of aromatic nitrogens is 3. The molecule has 170 valence electrons. The molecule has 2 aromatic heterocycles. The quantitative estimate of drug-likeness (QED) is 0.689. The Kier molecular flexibility index (Phi) is 5.45. The highest BCUT2D eigenvalue weighted by molar-refractivity contribution is 5.63. The molecule has 4 rings (SSSR count). The Morgan fingerprint density at radius 1 is 1.26 bits per heavy atom. The Balaban J connectivity index is 1.61. The van der Waals surface area contributed by atoms with E-state index in [0.29, 0.717) is 11.7 Å². The van der Waals surface area contributed by atoms with Crippen molar-refractivity contribution in [3.8, 4) is 11.3 Å². The minimum Gasteiger partial charge on any atom is -0.383 e. The van der Waals surface area contributed by atoms with Gasteiger partial charge >= 0.3 is 6.18 Å². The van der Waals surface area contributed by atoms with Crippen molar-refractivity contribution in [2.75, 3.05) is 25.9 Å². The summed E-state index contributed by atoms with van der Waals surface area (Å²) in [5.74, 6) is -0.638. The van der Waals surface area contributed by atoms with Gasteiger partial charge in [-0.25, -0.2) is 13.8 Å². The van der Waals surface area contributed by atoms with Crippen molar-refractivity contribution in [1.29, 1.82) is 0 Å². The van der Waals surface area contributed by atoms with E-state index < -0.39 is 35.9 Å². The zero-order valence-electron chi connectivity index (χ0n) is 17.2. The van der Waals surface area contributed by atoms with E-state index in [2.05, 4.69) is 15.0 Å². The maximum absolute atomic E-state index is 13.2. The number of hydrogen-bond acceptors (Lipinski definition) is 5. The lowest BCUT2D eigenvalue weighted by molar-refractivity contribution is -0.137. The average Bonchev–Trinajstić information content (AvgIpc) is 3.02. The number of nitrogens with zero attached hydrogens (tertiary/aromatic N) is 4. The standard InChI is InChI=1S/C20H24F5N5O/c1-19(5-12(6-19)29-8-13(9-29)31-2)16-4-15(28-30(16)10-17(21)22)11-3-14(20(23,24)25)18(26)27-7-11/h3-4,7,12-13,17H,5-6,8-10H2,1-2H3,(H2,26,27). The summed E-state index contributed by atoms with van der Waals surface area (Å²) in [6, 6.07) is 2.78. The summed E-state index contributed by atoms with van der Waals surface area (Å²) in [6.07, 6.45) is -4.40. The summed E-state index contributed by atoms with van der Waals surface area (Å²) >= 11 is 0. The number of methoxy groups -OCH3 is 1.